The van der Waals surface area contributed by atoms with Crippen molar-refractivity contribution in [2.24, 2.45) is 0 Å². The highest BCUT2D eigenvalue weighted by Gasteiger charge is 2.37. The van der Waals surface area contributed by atoms with Crippen LogP contribution in [0.2, 0.25) is 0 Å². The lowest BCUT2D eigenvalue weighted by Crippen LogP contribution is -2.35. The van der Waals surface area contributed by atoms with E-state index >= 15 is 0 Å². The molecule has 1 aliphatic rings. The van der Waals surface area contributed by atoms with Gasteiger partial charge in [0.25, 0.3) is 5.24 Å². The van der Waals surface area contributed by atoms with E-state index in [1.165, 1.54) is 0 Å². The Bertz CT molecular complexity index is 141. The van der Waals surface area contributed by atoms with Gasteiger partial charge >= 0.3 is 0 Å². The first-order valence-electron chi connectivity index (χ1n) is 3.18. The Kier molecular flexibility index (Phi) is 2.55. The van der Waals surface area contributed by atoms with E-state index in [1.807, 2.05) is 0 Å². The maximum absolute atomic E-state index is 10.6. The third-order valence-electron chi connectivity index (χ3n) is 1.52. The van der Waals surface area contributed by atoms with Crippen molar-refractivity contribution < 1.29 is 9.53 Å². The molecule has 0 bridgehead atoms. The molecule has 0 spiro atoms. The first-order chi connectivity index (χ1) is 4.65. The summed E-state index contributed by atoms with van der Waals surface area (Å²) < 4.78 is 5.01. The summed E-state index contributed by atoms with van der Waals surface area (Å²) in [6.45, 7) is 0.530. The average molecular weight is 183 g/mol. The van der Waals surface area contributed by atoms with Crippen LogP contribution in [-0.2, 0) is 9.53 Å². The van der Waals surface area contributed by atoms with E-state index in [4.69, 9.17) is 27.9 Å². The summed E-state index contributed by atoms with van der Waals surface area (Å²) in [5.41, 5.74) is 0. The third-order valence-corrected chi connectivity index (χ3v) is 2.39. The molecule has 0 saturated carbocycles. The fraction of sp³-hybridized carbons (Fsp3) is 0.833. The quantitative estimate of drug-likeness (QED) is 0.458. The SMILES string of the molecule is O=C(Cl)C1(Cl)CCCCO1. The predicted octanol–water partition coefficient (Wildman–Crippen LogP) is 1.89. The van der Waals surface area contributed by atoms with E-state index in [1.54, 1.807) is 0 Å². The molecule has 58 valence electrons. The second-order valence-electron chi connectivity index (χ2n) is 2.31. The van der Waals surface area contributed by atoms with Gasteiger partial charge < -0.3 is 4.74 Å². The number of alkyl halides is 1. The molecule has 1 atom stereocenters. The molecule has 2 nitrogen and oxygen atoms in total. The van der Waals surface area contributed by atoms with Crippen LogP contribution in [0, 0.1) is 0 Å². The summed E-state index contributed by atoms with van der Waals surface area (Å²) >= 11 is 10.9. The lowest BCUT2D eigenvalue weighted by atomic mass is 10.1. The molecule has 1 saturated heterocycles. The van der Waals surface area contributed by atoms with E-state index in [2.05, 4.69) is 0 Å². The van der Waals surface area contributed by atoms with Gasteiger partial charge in [-0.1, -0.05) is 11.6 Å². The summed E-state index contributed by atoms with van der Waals surface area (Å²) in [5, 5.41) is -1.83. The maximum Gasteiger partial charge on any atom is 0.269 e. The molecule has 0 aromatic rings. The van der Waals surface area contributed by atoms with Gasteiger partial charge in [0.15, 0.2) is 0 Å². The molecule has 0 radical (unpaired) electrons. The number of ether oxygens (including phenoxy) is 1. The van der Waals surface area contributed by atoms with E-state index in [-0.39, 0.29) is 0 Å². The number of halogens is 2. The van der Waals surface area contributed by atoms with Crippen LogP contribution in [-0.4, -0.2) is 16.9 Å². The van der Waals surface area contributed by atoms with E-state index in [9.17, 15) is 4.79 Å². The van der Waals surface area contributed by atoms with Gasteiger partial charge in [0, 0.05) is 6.61 Å². The van der Waals surface area contributed by atoms with Gasteiger partial charge in [-0.3, -0.25) is 4.79 Å². The largest absolute Gasteiger partial charge is 0.352 e. The first kappa shape index (κ1) is 8.31. The molecule has 0 amide bonds. The monoisotopic (exact) mass is 182 g/mol. The van der Waals surface area contributed by atoms with Gasteiger partial charge in [0.05, 0.1) is 0 Å². The third kappa shape index (κ3) is 1.62. The molecule has 0 aliphatic carbocycles. The standard InChI is InChI=1S/C6H8Cl2O2/c7-5(9)6(8)3-1-2-4-10-6/h1-4H2. The molecule has 0 aromatic heterocycles. The van der Waals surface area contributed by atoms with Crippen LogP contribution in [0.1, 0.15) is 19.3 Å². The summed E-state index contributed by atoms with van der Waals surface area (Å²) in [4.78, 5) is 10.6. The molecule has 1 rings (SSSR count). The van der Waals surface area contributed by atoms with Gasteiger partial charge in [0.1, 0.15) is 0 Å². The molecule has 1 aliphatic heterocycles. The van der Waals surface area contributed by atoms with Crippen LogP contribution in [0.25, 0.3) is 0 Å². The van der Waals surface area contributed by atoms with Crippen molar-refractivity contribution in [2.45, 2.75) is 24.3 Å². The van der Waals surface area contributed by atoms with Crippen LogP contribution in [0.3, 0.4) is 0 Å². The minimum atomic E-state index is -1.22. The minimum absolute atomic E-state index is 0.525. The molecular weight excluding hydrogens is 175 g/mol. The van der Waals surface area contributed by atoms with Crippen LogP contribution in [0.4, 0.5) is 0 Å². The van der Waals surface area contributed by atoms with Crippen LogP contribution < -0.4 is 0 Å². The Hall–Kier alpha value is 0.210. The second kappa shape index (κ2) is 3.07. The van der Waals surface area contributed by atoms with Crippen LogP contribution in [0.15, 0.2) is 0 Å². The summed E-state index contributed by atoms with van der Waals surface area (Å²) in [5.74, 6) is 0. The smallest absolute Gasteiger partial charge is 0.269 e. The van der Waals surface area contributed by atoms with E-state index in [0.29, 0.717) is 13.0 Å². The Morgan fingerprint density at radius 1 is 1.50 bits per heavy atom. The minimum Gasteiger partial charge on any atom is -0.352 e. The molecular formula is C6H8Cl2O2. The second-order valence-corrected chi connectivity index (χ2v) is 3.26. The zero-order valence-corrected chi connectivity index (χ0v) is 6.91. The van der Waals surface area contributed by atoms with Gasteiger partial charge in [-0.15, -0.1) is 0 Å². The number of carbonyl (C=O) groups is 1. The van der Waals surface area contributed by atoms with Crippen LogP contribution >= 0.6 is 23.2 Å². The molecule has 1 unspecified atom stereocenters. The van der Waals surface area contributed by atoms with Gasteiger partial charge in [-0.25, -0.2) is 0 Å². The number of carbonyl (C=O) groups excluding carboxylic acids is 1. The normalized spacial score (nSPS) is 33.8. The molecule has 0 aromatic carbocycles. The summed E-state index contributed by atoms with van der Waals surface area (Å²) in [6, 6.07) is 0. The van der Waals surface area contributed by atoms with Crippen molar-refractivity contribution >= 4 is 28.4 Å². The number of rotatable bonds is 1. The zero-order chi connectivity index (χ0) is 7.61. The summed E-state index contributed by atoms with van der Waals surface area (Å²) in [7, 11) is 0. The average Bonchev–Trinajstić information content (AvgIpc) is 1.89. The molecule has 0 N–H and O–H groups in total. The highest BCUT2D eigenvalue weighted by atomic mass is 35.5. The zero-order valence-electron chi connectivity index (χ0n) is 5.40. The topological polar surface area (TPSA) is 26.3 Å². The van der Waals surface area contributed by atoms with Crippen LogP contribution in [0.5, 0.6) is 0 Å². The lowest BCUT2D eigenvalue weighted by Gasteiger charge is -2.27. The lowest BCUT2D eigenvalue weighted by molar-refractivity contribution is -0.129. The van der Waals surface area contributed by atoms with Crippen molar-refractivity contribution in [3.05, 3.63) is 0 Å². The molecule has 1 fully saturated rings. The molecule has 1 heterocycles. The Labute approximate surface area is 69.4 Å². The Morgan fingerprint density at radius 2 is 2.20 bits per heavy atom. The fourth-order valence-corrected chi connectivity index (χ4v) is 1.28. The maximum atomic E-state index is 10.6. The first-order valence-corrected chi connectivity index (χ1v) is 3.93. The van der Waals surface area contributed by atoms with Crippen molar-refractivity contribution in [3.8, 4) is 0 Å². The van der Waals surface area contributed by atoms with Crippen molar-refractivity contribution in [1.29, 1.82) is 0 Å². The molecule has 10 heavy (non-hydrogen) atoms. The predicted molar refractivity (Wildman–Crippen MR) is 39.2 cm³/mol. The number of hydrogen-bond acceptors (Lipinski definition) is 2. The van der Waals surface area contributed by atoms with Crippen molar-refractivity contribution in [2.75, 3.05) is 6.61 Å². The number of hydrogen-bond donors (Lipinski definition) is 0. The van der Waals surface area contributed by atoms with Crippen molar-refractivity contribution in [3.63, 3.8) is 0 Å². The molecule has 4 heteroatoms. The van der Waals surface area contributed by atoms with Gasteiger partial charge in [0.2, 0.25) is 5.06 Å². The van der Waals surface area contributed by atoms with E-state index < -0.39 is 10.3 Å². The Balaban J connectivity index is 2.56. The fourth-order valence-electron chi connectivity index (χ4n) is 0.916. The highest BCUT2D eigenvalue weighted by molar-refractivity contribution is 6.70. The Morgan fingerprint density at radius 3 is 2.50 bits per heavy atom. The van der Waals surface area contributed by atoms with Gasteiger partial charge in [-0.2, -0.15) is 0 Å². The van der Waals surface area contributed by atoms with Gasteiger partial charge in [-0.05, 0) is 30.9 Å². The van der Waals surface area contributed by atoms with Crippen molar-refractivity contribution in [1.82, 2.24) is 0 Å². The van der Waals surface area contributed by atoms with E-state index in [0.717, 1.165) is 12.8 Å². The highest BCUT2D eigenvalue weighted by Crippen LogP contribution is 2.30. The summed E-state index contributed by atoms with van der Waals surface area (Å²) in [6.07, 6.45) is 2.39.